The van der Waals surface area contributed by atoms with Crippen molar-refractivity contribution in [1.82, 2.24) is 0 Å². The van der Waals surface area contributed by atoms with E-state index >= 15 is 0 Å². The summed E-state index contributed by atoms with van der Waals surface area (Å²) in [5, 5.41) is 3.14. The van der Waals surface area contributed by atoms with Gasteiger partial charge in [0.2, 0.25) is 0 Å². The van der Waals surface area contributed by atoms with E-state index < -0.39 is 0 Å². The lowest BCUT2D eigenvalue weighted by Gasteiger charge is -2.20. The number of hydrogen-bond acceptors (Lipinski definition) is 1. The summed E-state index contributed by atoms with van der Waals surface area (Å²) in [4.78, 5) is 4.48. The molecule has 1 aliphatic carbocycles. The van der Waals surface area contributed by atoms with Crippen LogP contribution in [0.2, 0.25) is 0 Å². The smallest absolute Gasteiger partial charge is 0.193 e. The second-order valence-corrected chi connectivity index (χ2v) is 5.71. The van der Waals surface area contributed by atoms with Crippen LogP contribution < -0.4 is 11.1 Å². The van der Waals surface area contributed by atoms with Crippen molar-refractivity contribution < 1.29 is 0 Å². The number of aryl methyl sites for hydroxylation is 1. The minimum absolute atomic E-state index is 0.361. The van der Waals surface area contributed by atoms with Crippen LogP contribution in [0.15, 0.2) is 29.3 Å². The van der Waals surface area contributed by atoms with E-state index in [1.165, 1.54) is 31.2 Å². The lowest BCUT2D eigenvalue weighted by Crippen LogP contribution is -2.25. The quantitative estimate of drug-likeness (QED) is 0.634. The monoisotopic (exact) mass is 245 g/mol. The van der Waals surface area contributed by atoms with E-state index in [0.717, 1.165) is 12.2 Å². The van der Waals surface area contributed by atoms with Gasteiger partial charge in [-0.2, -0.15) is 0 Å². The predicted molar refractivity (Wildman–Crippen MR) is 77.9 cm³/mol. The lowest BCUT2D eigenvalue weighted by molar-refractivity contribution is 0.351. The van der Waals surface area contributed by atoms with Gasteiger partial charge in [0.25, 0.3) is 0 Å². The van der Waals surface area contributed by atoms with E-state index in [2.05, 4.69) is 36.3 Å². The topological polar surface area (TPSA) is 50.4 Å². The molecule has 98 valence electrons. The van der Waals surface area contributed by atoms with Crippen LogP contribution in [0.3, 0.4) is 0 Å². The largest absolute Gasteiger partial charge is 0.370 e. The first kappa shape index (κ1) is 12.9. The van der Waals surface area contributed by atoms with Gasteiger partial charge in [-0.1, -0.05) is 37.5 Å². The summed E-state index contributed by atoms with van der Waals surface area (Å²) < 4.78 is 0. The number of aliphatic imine (C=N–C) groups is 1. The number of benzene rings is 1. The van der Waals surface area contributed by atoms with Crippen molar-refractivity contribution in [3.05, 3.63) is 29.8 Å². The molecule has 18 heavy (non-hydrogen) atoms. The molecule has 0 spiro atoms. The third-order valence-corrected chi connectivity index (χ3v) is 3.77. The minimum atomic E-state index is 0.361. The molecule has 1 aliphatic rings. The fourth-order valence-corrected chi connectivity index (χ4v) is 2.49. The summed E-state index contributed by atoms with van der Waals surface area (Å²) in [5.41, 5.74) is 8.52. The van der Waals surface area contributed by atoms with Crippen molar-refractivity contribution in [2.75, 3.05) is 11.9 Å². The van der Waals surface area contributed by atoms with Gasteiger partial charge in [-0.05, 0) is 37.3 Å². The molecule has 0 aliphatic heterocycles. The second-order valence-electron chi connectivity index (χ2n) is 5.71. The molecule has 0 amide bonds. The Bertz CT molecular complexity index is 414. The van der Waals surface area contributed by atoms with Gasteiger partial charge in [-0.3, -0.25) is 4.99 Å². The number of guanidine groups is 1. The fourth-order valence-electron chi connectivity index (χ4n) is 2.49. The van der Waals surface area contributed by atoms with Crippen LogP contribution in [0.4, 0.5) is 5.69 Å². The Morgan fingerprint density at radius 2 is 1.89 bits per heavy atom. The van der Waals surface area contributed by atoms with E-state index in [9.17, 15) is 0 Å². The number of rotatable bonds is 3. The zero-order valence-electron chi connectivity index (χ0n) is 11.4. The Hall–Kier alpha value is -1.51. The highest BCUT2D eigenvalue weighted by Gasteiger charge is 2.28. The number of nitrogens with zero attached hydrogens (tertiary/aromatic N) is 1. The van der Waals surface area contributed by atoms with E-state index in [4.69, 9.17) is 5.73 Å². The van der Waals surface area contributed by atoms with Crippen molar-refractivity contribution >= 4 is 11.6 Å². The molecule has 3 N–H and O–H groups in total. The standard InChI is InChI=1S/C15H23N3/c1-12-5-7-13(8-6-12)18-14(16)17-11-15(2)9-3-4-10-15/h5-8H,3-4,9-11H2,1-2H3,(H3,16,17,18). The van der Waals surface area contributed by atoms with Gasteiger partial charge in [0.15, 0.2) is 5.96 Å². The van der Waals surface area contributed by atoms with E-state index in [0.29, 0.717) is 11.4 Å². The van der Waals surface area contributed by atoms with Gasteiger partial charge in [0.1, 0.15) is 0 Å². The zero-order valence-corrected chi connectivity index (χ0v) is 11.4. The Balaban J connectivity index is 1.90. The minimum Gasteiger partial charge on any atom is -0.370 e. The van der Waals surface area contributed by atoms with Gasteiger partial charge in [0.05, 0.1) is 0 Å². The SMILES string of the molecule is Cc1ccc(NC(N)=NCC2(C)CCCC2)cc1. The van der Waals surface area contributed by atoms with Crippen LogP contribution in [-0.4, -0.2) is 12.5 Å². The summed E-state index contributed by atoms with van der Waals surface area (Å²) >= 11 is 0. The molecule has 0 bridgehead atoms. The molecule has 0 unspecified atom stereocenters. The van der Waals surface area contributed by atoms with Crippen molar-refractivity contribution in [2.45, 2.75) is 39.5 Å². The van der Waals surface area contributed by atoms with E-state index in [1.807, 2.05) is 12.1 Å². The van der Waals surface area contributed by atoms with Crippen LogP contribution in [0.5, 0.6) is 0 Å². The van der Waals surface area contributed by atoms with E-state index in [1.54, 1.807) is 0 Å². The summed E-state index contributed by atoms with van der Waals surface area (Å²) in [5.74, 6) is 0.520. The number of hydrogen-bond donors (Lipinski definition) is 2. The molecule has 0 atom stereocenters. The Morgan fingerprint density at radius 3 is 2.50 bits per heavy atom. The average Bonchev–Trinajstić information content (AvgIpc) is 2.78. The molecular weight excluding hydrogens is 222 g/mol. The number of nitrogens with one attached hydrogen (secondary N) is 1. The van der Waals surface area contributed by atoms with Gasteiger partial charge < -0.3 is 11.1 Å². The van der Waals surface area contributed by atoms with Crippen LogP contribution >= 0.6 is 0 Å². The van der Waals surface area contributed by atoms with Gasteiger partial charge in [0, 0.05) is 12.2 Å². The summed E-state index contributed by atoms with van der Waals surface area (Å²) in [7, 11) is 0. The molecule has 1 saturated carbocycles. The van der Waals surface area contributed by atoms with Gasteiger partial charge in [-0.25, -0.2) is 0 Å². The molecule has 3 heteroatoms. The third-order valence-electron chi connectivity index (χ3n) is 3.77. The van der Waals surface area contributed by atoms with Crippen molar-refractivity contribution in [3.8, 4) is 0 Å². The third kappa shape index (κ3) is 3.49. The highest BCUT2D eigenvalue weighted by Crippen LogP contribution is 2.37. The van der Waals surface area contributed by atoms with E-state index in [-0.39, 0.29) is 0 Å². The number of anilines is 1. The highest BCUT2D eigenvalue weighted by atomic mass is 15.1. The zero-order chi connectivity index (χ0) is 13.0. The summed E-state index contributed by atoms with van der Waals surface area (Å²) in [6.45, 7) is 5.21. The van der Waals surface area contributed by atoms with Crippen LogP contribution in [0.1, 0.15) is 38.2 Å². The molecule has 2 rings (SSSR count). The first-order chi connectivity index (χ1) is 8.57. The van der Waals surface area contributed by atoms with Crippen LogP contribution in [0.25, 0.3) is 0 Å². The van der Waals surface area contributed by atoms with Gasteiger partial charge in [-0.15, -0.1) is 0 Å². The molecule has 1 fully saturated rings. The average molecular weight is 245 g/mol. The highest BCUT2D eigenvalue weighted by molar-refractivity contribution is 5.92. The Labute approximate surface area is 109 Å². The second kappa shape index (κ2) is 5.42. The number of nitrogens with two attached hydrogens (primary N) is 1. The summed E-state index contributed by atoms with van der Waals surface area (Å²) in [6.07, 6.45) is 5.21. The van der Waals surface area contributed by atoms with Crippen LogP contribution in [-0.2, 0) is 0 Å². The molecule has 0 saturated heterocycles. The molecule has 0 heterocycles. The van der Waals surface area contributed by atoms with Crippen molar-refractivity contribution in [3.63, 3.8) is 0 Å². The van der Waals surface area contributed by atoms with Crippen molar-refractivity contribution in [1.29, 1.82) is 0 Å². The predicted octanol–water partition coefficient (Wildman–Crippen LogP) is 3.30. The fraction of sp³-hybridized carbons (Fsp3) is 0.533. The lowest BCUT2D eigenvalue weighted by atomic mass is 9.89. The Kier molecular flexibility index (Phi) is 3.90. The first-order valence-electron chi connectivity index (χ1n) is 6.71. The maximum Gasteiger partial charge on any atom is 0.193 e. The molecule has 3 nitrogen and oxygen atoms in total. The molecule has 0 radical (unpaired) electrons. The molecule has 1 aromatic rings. The van der Waals surface area contributed by atoms with Crippen LogP contribution in [0, 0.1) is 12.3 Å². The van der Waals surface area contributed by atoms with Crippen molar-refractivity contribution in [2.24, 2.45) is 16.1 Å². The molecular formula is C15H23N3. The maximum absolute atomic E-state index is 5.92. The molecule has 1 aromatic carbocycles. The summed E-state index contributed by atoms with van der Waals surface area (Å²) in [6, 6.07) is 8.17. The van der Waals surface area contributed by atoms with Gasteiger partial charge >= 0.3 is 0 Å². The Morgan fingerprint density at radius 1 is 1.28 bits per heavy atom. The first-order valence-corrected chi connectivity index (χ1v) is 6.71. The maximum atomic E-state index is 5.92. The molecule has 0 aromatic heterocycles. The normalized spacial score (nSPS) is 18.9.